The number of pyridine rings is 1. The molecule has 3 aromatic rings. The Kier molecular flexibility index (Phi) is 4.27. The van der Waals surface area contributed by atoms with Crippen LogP contribution in [0.2, 0.25) is 0 Å². The first-order valence-electron chi connectivity index (χ1n) is 6.83. The number of hydrogen-bond donors (Lipinski definition) is 0. The fourth-order valence-corrected chi connectivity index (χ4v) is 3.20. The van der Waals surface area contributed by atoms with E-state index in [2.05, 4.69) is 55.6 Å². The van der Waals surface area contributed by atoms with Gasteiger partial charge in [0.2, 0.25) is 0 Å². The average Bonchev–Trinajstić information content (AvgIpc) is 2.85. The number of nitrogens with zero attached hydrogens (tertiary/aromatic N) is 3. The van der Waals surface area contributed by atoms with Crippen molar-refractivity contribution in [3.63, 3.8) is 0 Å². The molecular formula is C16H15BrClN3. The molecule has 0 fully saturated rings. The summed E-state index contributed by atoms with van der Waals surface area (Å²) in [4.78, 5) is 8.83. The molecule has 2 aromatic heterocycles. The lowest BCUT2D eigenvalue weighted by molar-refractivity contribution is 0.623. The van der Waals surface area contributed by atoms with Gasteiger partial charge in [-0.2, -0.15) is 0 Å². The number of aryl methyl sites for hydroxylation is 1. The van der Waals surface area contributed by atoms with Crippen LogP contribution in [-0.4, -0.2) is 20.4 Å². The van der Waals surface area contributed by atoms with Crippen molar-refractivity contribution >= 4 is 38.6 Å². The van der Waals surface area contributed by atoms with Gasteiger partial charge in [-0.1, -0.05) is 28.1 Å². The molecule has 1 aromatic carbocycles. The summed E-state index contributed by atoms with van der Waals surface area (Å²) in [6.07, 6.45) is 4.35. The Morgan fingerprint density at radius 2 is 2.19 bits per heavy atom. The zero-order valence-corrected chi connectivity index (χ0v) is 14.0. The topological polar surface area (TPSA) is 30.7 Å². The Morgan fingerprint density at radius 3 is 2.95 bits per heavy atom. The number of hydrogen-bond acceptors (Lipinski definition) is 2. The first-order chi connectivity index (χ1) is 10.2. The number of imidazole rings is 1. The molecule has 5 heteroatoms. The van der Waals surface area contributed by atoms with Crippen LogP contribution in [0.25, 0.3) is 11.0 Å². The third-order valence-electron chi connectivity index (χ3n) is 3.60. The summed E-state index contributed by atoms with van der Waals surface area (Å²) in [5, 5.41) is 0. The van der Waals surface area contributed by atoms with E-state index >= 15 is 0 Å². The van der Waals surface area contributed by atoms with Crippen molar-refractivity contribution < 1.29 is 0 Å². The zero-order valence-electron chi connectivity index (χ0n) is 11.6. The highest BCUT2D eigenvalue weighted by molar-refractivity contribution is 9.10. The molecule has 0 N–H and O–H groups in total. The molecule has 2 heterocycles. The van der Waals surface area contributed by atoms with Crippen molar-refractivity contribution in [1.82, 2.24) is 14.5 Å². The van der Waals surface area contributed by atoms with E-state index in [9.17, 15) is 0 Å². The van der Waals surface area contributed by atoms with E-state index in [0.29, 0.717) is 5.88 Å². The zero-order chi connectivity index (χ0) is 14.8. The van der Waals surface area contributed by atoms with Gasteiger partial charge in [-0.25, -0.2) is 4.98 Å². The third-order valence-corrected chi connectivity index (χ3v) is 4.28. The SMILES string of the molecule is CC(c1cccc(Br)c1)n1c(CCCl)nc2cnccc21. The van der Waals surface area contributed by atoms with E-state index < -0.39 is 0 Å². The minimum Gasteiger partial charge on any atom is -0.321 e. The van der Waals surface area contributed by atoms with Gasteiger partial charge in [0.1, 0.15) is 11.3 Å². The molecule has 0 aliphatic rings. The van der Waals surface area contributed by atoms with Crippen molar-refractivity contribution in [3.8, 4) is 0 Å². The Bertz CT molecular complexity index is 769. The minimum absolute atomic E-state index is 0.188. The Hall–Kier alpha value is -1.39. The summed E-state index contributed by atoms with van der Waals surface area (Å²) in [6.45, 7) is 2.18. The van der Waals surface area contributed by atoms with Gasteiger partial charge < -0.3 is 4.57 Å². The van der Waals surface area contributed by atoms with Crippen molar-refractivity contribution in [2.45, 2.75) is 19.4 Å². The lowest BCUT2D eigenvalue weighted by Gasteiger charge is -2.18. The smallest absolute Gasteiger partial charge is 0.111 e. The van der Waals surface area contributed by atoms with E-state index in [1.54, 1.807) is 12.4 Å². The summed E-state index contributed by atoms with van der Waals surface area (Å²) < 4.78 is 3.33. The Morgan fingerprint density at radius 1 is 1.33 bits per heavy atom. The van der Waals surface area contributed by atoms with Gasteiger partial charge in [0.25, 0.3) is 0 Å². The summed E-state index contributed by atoms with van der Waals surface area (Å²) in [5.41, 5.74) is 3.24. The fraction of sp³-hybridized carbons (Fsp3) is 0.250. The molecule has 0 aliphatic carbocycles. The largest absolute Gasteiger partial charge is 0.321 e. The molecular weight excluding hydrogens is 350 g/mol. The second-order valence-electron chi connectivity index (χ2n) is 4.93. The first kappa shape index (κ1) is 14.5. The predicted molar refractivity (Wildman–Crippen MR) is 89.9 cm³/mol. The summed E-state index contributed by atoms with van der Waals surface area (Å²) in [7, 11) is 0. The van der Waals surface area contributed by atoms with Gasteiger partial charge >= 0.3 is 0 Å². The quantitative estimate of drug-likeness (QED) is 0.634. The summed E-state index contributed by atoms with van der Waals surface area (Å²) >= 11 is 9.47. The summed E-state index contributed by atoms with van der Waals surface area (Å²) in [5.74, 6) is 1.56. The highest BCUT2D eigenvalue weighted by atomic mass is 79.9. The highest BCUT2D eigenvalue weighted by Crippen LogP contribution is 2.27. The van der Waals surface area contributed by atoms with Gasteiger partial charge in [0.05, 0.1) is 17.8 Å². The van der Waals surface area contributed by atoms with Crippen LogP contribution in [0, 0.1) is 0 Å². The van der Waals surface area contributed by atoms with E-state index in [4.69, 9.17) is 11.6 Å². The maximum Gasteiger partial charge on any atom is 0.111 e. The number of halogens is 2. The van der Waals surface area contributed by atoms with Crippen molar-refractivity contribution in [2.24, 2.45) is 0 Å². The van der Waals surface area contributed by atoms with Crippen LogP contribution in [0.4, 0.5) is 0 Å². The third kappa shape index (κ3) is 2.83. The molecule has 3 rings (SSSR count). The normalized spacial score (nSPS) is 12.7. The highest BCUT2D eigenvalue weighted by Gasteiger charge is 2.17. The molecule has 0 aliphatic heterocycles. The maximum absolute atomic E-state index is 5.94. The van der Waals surface area contributed by atoms with Crippen molar-refractivity contribution in [1.29, 1.82) is 0 Å². The summed E-state index contributed by atoms with van der Waals surface area (Å²) in [6, 6.07) is 10.6. The van der Waals surface area contributed by atoms with Gasteiger partial charge in [0.15, 0.2) is 0 Å². The van der Waals surface area contributed by atoms with E-state index in [1.807, 2.05) is 12.1 Å². The lowest BCUT2D eigenvalue weighted by Crippen LogP contribution is -2.11. The molecule has 1 atom stereocenters. The second kappa shape index (κ2) is 6.16. The van der Waals surface area contributed by atoms with Crippen LogP contribution in [0.1, 0.15) is 24.4 Å². The number of alkyl halides is 1. The Labute approximate surface area is 137 Å². The Balaban J connectivity index is 2.15. The molecule has 0 saturated carbocycles. The van der Waals surface area contributed by atoms with Crippen LogP contribution in [0.15, 0.2) is 47.2 Å². The number of benzene rings is 1. The minimum atomic E-state index is 0.188. The number of rotatable bonds is 4. The van der Waals surface area contributed by atoms with Crippen molar-refractivity contribution in [3.05, 3.63) is 58.6 Å². The van der Waals surface area contributed by atoms with Crippen LogP contribution >= 0.6 is 27.5 Å². The lowest BCUT2D eigenvalue weighted by atomic mass is 10.1. The first-order valence-corrected chi connectivity index (χ1v) is 8.15. The van der Waals surface area contributed by atoms with Gasteiger partial charge in [-0.15, -0.1) is 11.6 Å². The van der Waals surface area contributed by atoms with Gasteiger partial charge in [0, 0.05) is 23.0 Å². The molecule has 0 radical (unpaired) electrons. The second-order valence-corrected chi connectivity index (χ2v) is 6.23. The van der Waals surface area contributed by atoms with E-state index in [-0.39, 0.29) is 6.04 Å². The van der Waals surface area contributed by atoms with Crippen LogP contribution < -0.4 is 0 Å². The molecule has 0 bridgehead atoms. The van der Waals surface area contributed by atoms with E-state index in [1.165, 1.54) is 5.56 Å². The number of fused-ring (bicyclic) bond motifs is 1. The molecule has 0 amide bonds. The van der Waals surface area contributed by atoms with Gasteiger partial charge in [-0.05, 0) is 30.7 Å². The standard InChI is InChI=1S/C16H15BrClN3/c1-11(12-3-2-4-13(17)9-12)21-15-6-8-19-10-14(15)20-16(21)5-7-18/h2-4,6,8-11H,5,7H2,1H3. The molecule has 0 saturated heterocycles. The van der Waals surface area contributed by atoms with Crippen LogP contribution in [-0.2, 0) is 6.42 Å². The fourth-order valence-electron chi connectivity index (χ4n) is 2.61. The average molecular weight is 365 g/mol. The molecule has 108 valence electrons. The number of aromatic nitrogens is 3. The molecule has 0 spiro atoms. The molecule has 3 nitrogen and oxygen atoms in total. The van der Waals surface area contributed by atoms with E-state index in [0.717, 1.165) is 27.8 Å². The molecule has 1 unspecified atom stereocenters. The van der Waals surface area contributed by atoms with Gasteiger partial charge in [-0.3, -0.25) is 4.98 Å². The van der Waals surface area contributed by atoms with Crippen LogP contribution in [0.3, 0.4) is 0 Å². The molecule has 21 heavy (non-hydrogen) atoms. The van der Waals surface area contributed by atoms with Crippen molar-refractivity contribution in [2.75, 3.05) is 5.88 Å². The maximum atomic E-state index is 5.94. The van der Waals surface area contributed by atoms with Crippen LogP contribution in [0.5, 0.6) is 0 Å². The monoisotopic (exact) mass is 363 g/mol. The predicted octanol–water partition coefficient (Wildman–Crippen LogP) is 4.58.